The van der Waals surface area contributed by atoms with Crippen LogP contribution >= 0.6 is 23.2 Å². The first-order valence-electron chi connectivity index (χ1n) is 8.44. The zero-order valence-corrected chi connectivity index (χ0v) is 15.0. The van der Waals surface area contributed by atoms with Gasteiger partial charge in [-0.2, -0.15) is 0 Å². The van der Waals surface area contributed by atoms with Crippen LogP contribution in [0.1, 0.15) is 47.7 Å². The van der Waals surface area contributed by atoms with Gasteiger partial charge in [-0.15, -0.1) is 0 Å². The Labute approximate surface area is 155 Å². The number of rotatable bonds is 4. The van der Waals surface area contributed by atoms with Gasteiger partial charge in [0.25, 0.3) is 5.91 Å². The van der Waals surface area contributed by atoms with Gasteiger partial charge in [-0.25, -0.2) is 9.37 Å². The van der Waals surface area contributed by atoms with Gasteiger partial charge in [-0.1, -0.05) is 29.3 Å². The van der Waals surface area contributed by atoms with Gasteiger partial charge >= 0.3 is 0 Å². The maximum Gasteiger partial charge on any atom is 0.276 e. The van der Waals surface area contributed by atoms with Gasteiger partial charge in [0.05, 0.1) is 0 Å². The van der Waals surface area contributed by atoms with E-state index in [0.717, 1.165) is 31.2 Å². The van der Waals surface area contributed by atoms with Crippen LogP contribution in [0.2, 0.25) is 10.0 Å². The average molecular weight is 379 g/mol. The monoisotopic (exact) mass is 378 g/mol. The van der Waals surface area contributed by atoms with Crippen molar-refractivity contribution >= 4 is 29.1 Å². The van der Waals surface area contributed by atoms with Crippen molar-refractivity contribution < 1.29 is 9.18 Å². The third kappa shape index (κ3) is 3.13. The van der Waals surface area contributed by atoms with Crippen molar-refractivity contribution in [2.45, 2.75) is 43.7 Å². The molecule has 0 spiro atoms. The van der Waals surface area contributed by atoms with Crippen LogP contribution in [-0.4, -0.2) is 27.9 Å². The maximum absolute atomic E-state index is 14.1. The molecule has 1 aromatic heterocycles. The molecule has 25 heavy (non-hydrogen) atoms. The van der Waals surface area contributed by atoms with Crippen LogP contribution in [0.4, 0.5) is 4.39 Å². The highest BCUT2D eigenvalue weighted by Crippen LogP contribution is 2.47. The zero-order chi connectivity index (χ0) is 17.6. The van der Waals surface area contributed by atoms with Gasteiger partial charge in [0.15, 0.2) is 11.5 Å². The van der Waals surface area contributed by atoms with E-state index in [9.17, 15) is 9.18 Å². The molecule has 130 valence electrons. The third-order valence-electron chi connectivity index (χ3n) is 5.09. The number of carbonyl (C=O) groups excluding carboxylic acids is 1. The Hall–Kier alpha value is -1.65. The highest BCUT2D eigenvalue weighted by atomic mass is 35.5. The molecule has 0 bridgehead atoms. The minimum absolute atomic E-state index is 0.0279. The normalized spacial score (nSPS) is 22.4. The summed E-state index contributed by atoms with van der Waals surface area (Å²) in [4.78, 5) is 18.8. The summed E-state index contributed by atoms with van der Waals surface area (Å²) in [5, 5.41) is 1.21. The van der Waals surface area contributed by atoms with Crippen molar-refractivity contribution in [3.63, 3.8) is 0 Å². The van der Waals surface area contributed by atoms with E-state index >= 15 is 0 Å². The van der Waals surface area contributed by atoms with Gasteiger partial charge in [-0.05, 0) is 55.5 Å². The van der Waals surface area contributed by atoms with E-state index in [4.69, 9.17) is 23.2 Å². The number of aromatic nitrogens is 1. The summed E-state index contributed by atoms with van der Waals surface area (Å²) in [6, 6.07) is 8.45. The predicted molar refractivity (Wildman–Crippen MR) is 95.6 cm³/mol. The summed E-state index contributed by atoms with van der Waals surface area (Å²) in [6.45, 7) is 0. The lowest BCUT2D eigenvalue weighted by atomic mass is 9.74. The molecule has 1 amide bonds. The van der Waals surface area contributed by atoms with Crippen LogP contribution in [0, 0.1) is 5.82 Å². The molecule has 3 nitrogen and oxygen atoms in total. The Balaban J connectivity index is 1.63. The van der Waals surface area contributed by atoms with Crippen LogP contribution < -0.4 is 0 Å². The minimum atomic E-state index is -0.571. The van der Waals surface area contributed by atoms with E-state index < -0.39 is 5.82 Å². The van der Waals surface area contributed by atoms with E-state index in [2.05, 4.69) is 4.98 Å². The number of halogens is 3. The molecule has 0 radical (unpaired) electrons. The van der Waals surface area contributed by atoms with Crippen molar-refractivity contribution in [2.75, 3.05) is 0 Å². The van der Waals surface area contributed by atoms with E-state index in [1.807, 2.05) is 17.0 Å². The summed E-state index contributed by atoms with van der Waals surface area (Å²) in [5.41, 5.74) is 0.907. The number of carbonyl (C=O) groups is 1. The van der Waals surface area contributed by atoms with Crippen LogP contribution in [0.25, 0.3) is 0 Å². The van der Waals surface area contributed by atoms with Crippen molar-refractivity contribution in [3.05, 3.63) is 63.6 Å². The minimum Gasteiger partial charge on any atom is -0.331 e. The van der Waals surface area contributed by atoms with Crippen molar-refractivity contribution in [2.24, 2.45) is 0 Å². The molecule has 2 fully saturated rings. The molecule has 0 N–H and O–H groups in total. The largest absolute Gasteiger partial charge is 0.331 e. The number of benzene rings is 1. The van der Waals surface area contributed by atoms with Gasteiger partial charge in [-0.3, -0.25) is 4.79 Å². The molecule has 2 atom stereocenters. The molecule has 1 aromatic carbocycles. The van der Waals surface area contributed by atoms with E-state index in [1.54, 1.807) is 6.07 Å². The Morgan fingerprint density at radius 1 is 1.16 bits per heavy atom. The number of hydrogen-bond donors (Lipinski definition) is 0. The predicted octanol–water partition coefficient (Wildman–Crippen LogP) is 5.08. The lowest BCUT2D eigenvalue weighted by Gasteiger charge is -2.45. The second-order valence-electron chi connectivity index (χ2n) is 6.69. The molecule has 2 unspecified atom stereocenters. The molecule has 1 heterocycles. The van der Waals surface area contributed by atoms with Crippen LogP contribution in [0.5, 0.6) is 0 Å². The first kappa shape index (κ1) is 16.8. The molecule has 2 aromatic rings. The van der Waals surface area contributed by atoms with Gasteiger partial charge in [0, 0.05) is 34.2 Å². The Morgan fingerprint density at radius 3 is 2.56 bits per heavy atom. The van der Waals surface area contributed by atoms with Crippen molar-refractivity contribution in [1.82, 2.24) is 9.88 Å². The first-order chi connectivity index (χ1) is 12.1. The fraction of sp³-hybridized carbons (Fsp3) is 0.368. The topological polar surface area (TPSA) is 33.2 Å². The van der Waals surface area contributed by atoms with Crippen molar-refractivity contribution in [1.29, 1.82) is 0 Å². The highest BCUT2D eigenvalue weighted by Gasteiger charge is 2.46. The molecule has 4 rings (SSSR count). The molecule has 2 aliphatic rings. The lowest BCUT2D eigenvalue weighted by molar-refractivity contribution is 0.0484. The van der Waals surface area contributed by atoms with Gasteiger partial charge < -0.3 is 4.90 Å². The Kier molecular flexibility index (Phi) is 4.42. The quantitative estimate of drug-likeness (QED) is 0.743. The molecule has 0 saturated heterocycles. The zero-order valence-electron chi connectivity index (χ0n) is 13.5. The molecule has 0 aliphatic heterocycles. The van der Waals surface area contributed by atoms with Crippen LogP contribution in [0.3, 0.4) is 0 Å². The summed E-state index contributed by atoms with van der Waals surface area (Å²) in [7, 11) is 0. The third-order valence-corrected chi connectivity index (χ3v) is 5.66. The molecule has 2 aliphatic carbocycles. The fourth-order valence-corrected chi connectivity index (χ4v) is 4.13. The number of pyridine rings is 1. The number of amides is 1. The molecule has 2 saturated carbocycles. The summed E-state index contributed by atoms with van der Waals surface area (Å²) in [6.07, 6.45) is 5.21. The van der Waals surface area contributed by atoms with Crippen LogP contribution in [-0.2, 0) is 0 Å². The summed E-state index contributed by atoms with van der Waals surface area (Å²) in [5.74, 6) is -0.736. The summed E-state index contributed by atoms with van der Waals surface area (Å²) < 4.78 is 14.1. The van der Waals surface area contributed by atoms with E-state index in [0.29, 0.717) is 10.0 Å². The second kappa shape index (κ2) is 6.58. The number of nitrogens with zero attached hydrogens (tertiary/aromatic N) is 2. The van der Waals surface area contributed by atoms with Gasteiger partial charge in [0.1, 0.15) is 0 Å². The van der Waals surface area contributed by atoms with E-state index in [-0.39, 0.29) is 29.6 Å². The Bertz CT molecular complexity index is 825. The molecule has 6 heteroatoms. The smallest absolute Gasteiger partial charge is 0.276 e. The summed E-state index contributed by atoms with van der Waals surface area (Å²) >= 11 is 12.4. The molecular formula is C19H17Cl2FN2O. The fourth-order valence-electron chi connectivity index (χ4n) is 3.59. The van der Waals surface area contributed by atoms with Crippen molar-refractivity contribution in [3.8, 4) is 0 Å². The molecular weight excluding hydrogens is 362 g/mol. The van der Waals surface area contributed by atoms with E-state index in [1.165, 1.54) is 18.3 Å². The second-order valence-corrected chi connectivity index (χ2v) is 7.54. The Morgan fingerprint density at radius 2 is 1.96 bits per heavy atom. The highest BCUT2D eigenvalue weighted by molar-refractivity contribution is 6.35. The average Bonchev–Trinajstić information content (AvgIpc) is 3.38. The lowest BCUT2D eigenvalue weighted by Crippen LogP contribution is -2.50. The van der Waals surface area contributed by atoms with Crippen LogP contribution in [0.15, 0.2) is 36.5 Å². The first-order valence-corrected chi connectivity index (χ1v) is 9.20. The SMILES string of the molecule is O=C(c1ncccc1F)N(C1CC1)C1CCC1c1ccc(Cl)cc1Cl. The standard InChI is InChI=1S/C19H17Cl2FN2O/c20-11-3-6-13(15(21)10-11)14-7-8-17(14)24(12-4-5-12)19(25)18-16(22)2-1-9-23-18/h1-3,6,9-10,12,14,17H,4-5,7-8H2. The maximum atomic E-state index is 14.1. The van der Waals surface area contributed by atoms with Gasteiger partial charge in [0.2, 0.25) is 0 Å². The number of hydrogen-bond acceptors (Lipinski definition) is 2.